The lowest BCUT2D eigenvalue weighted by molar-refractivity contribution is 0.727. The molecule has 3 rings (SSSR count). The molecule has 90 valence electrons. The number of nitrogens with zero attached hydrogens (tertiary/aromatic N) is 2. The van der Waals surface area contributed by atoms with Crippen LogP contribution in [0.5, 0.6) is 0 Å². The van der Waals surface area contributed by atoms with Gasteiger partial charge in [0.05, 0.1) is 11.0 Å². The van der Waals surface area contributed by atoms with Crippen molar-refractivity contribution in [2.75, 3.05) is 6.54 Å². The summed E-state index contributed by atoms with van der Waals surface area (Å²) in [6.07, 6.45) is 2.61. The molecule has 0 amide bonds. The smallest absolute Gasteiger partial charge is 0.112 e. The standard InChI is InChI=1S/C14H19N3/c1-3-15-9-10-4-7-13-12(8-10)16-14(17(13)2)11-5-6-11/h4,7-8,11,15H,3,5-6,9H2,1-2H3. The molecular weight excluding hydrogens is 210 g/mol. The molecule has 17 heavy (non-hydrogen) atoms. The van der Waals surface area contributed by atoms with Gasteiger partial charge in [-0.2, -0.15) is 0 Å². The summed E-state index contributed by atoms with van der Waals surface area (Å²) in [5.74, 6) is 1.98. The second-order valence-electron chi connectivity index (χ2n) is 4.91. The zero-order valence-electron chi connectivity index (χ0n) is 10.5. The Kier molecular flexibility index (Phi) is 2.63. The molecule has 1 aliphatic carbocycles. The van der Waals surface area contributed by atoms with Gasteiger partial charge in [-0.1, -0.05) is 13.0 Å². The van der Waals surface area contributed by atoms with Crippen molar-refractivity contribution in [1.29, 1.82) is 0 Å². The van der Waals surface area contributed by atoms with E-state index in [1.54, 1.807) is 0 Å². The van der Waals surface area contributed by atoms with Gasteiger partial charge in [-0.3, -0.25) is 0 Å². The normalized spacial score (nSPS) is 15.6. The fraction of sp³-hybridized carbons (Fsp3) is 0.500. The number of aryl methyl sites for hydroxylation is 1. The molecule has 1 fully saturated rings. The van der Waals surface area contributed by atoms with Crippen LogP contribution in [0.4, 0.5) is 0 Å². The van der Waals surface area contributed by atoms with Crippen LogP contribution in [0.3, 0.4) is 0 Å². The first kappa shape index (κ1) is 10.8. The van der Waals surface area contributed by atoms with Gasteiger partial charge in [-0.25, -0.2) is 4.98 Å². The Hall–Kier alpha value is -1.35. The third kappa shape index (κ3) is 1.95. The van der Waals surface area contributed by atoms with E-state index in [2.05, 4.69) is 42.1 Å². The van der Waals surface area contributed by atoms with Crippen LogP contribution in [0.15, 0.2) is 18.2 Å². The minimum absolute atomic E-state index is 0.713. The molecule has 0 spiro atoms. The molecule has 3 heteroatoms. The van der Waals surface area contributed by atoms with Crippen molar-refractivity contribution in [3.8, 4) is 0 Å². The molecule has 1 aromatic carbocycles. The summed E-state index contributed by atoms with van der Waals surface area (Å²) in [4.78, 5) is 4.78. The Bertz CT molecular complexity index is 538. The SMILES string of the molecule is CCNCc1ccc2c(c1)nc(C1CC1)n2C. The zero-order chi connectivity index (χ0) is 11.8. The van der Waals surface area contributed by atoms with Gasteiger partial charge in [0.25, 0.3) is 0 Å². The van der Waals surface area contributed by atoms with Crippen molar-refractivity contribution in [2.45, 2.75) is 32.2 Å². The number of rotatable bonds is 4. The molecule has 0 aliphatic heterocycles. The van der Waals surface area contributed by atoms with E-state index < -0.39 is 0 Å². The molecule has 1 aliphatic rings. The highest BCUT2D eigenvalue weighted by molar-refractivity contribution is 5.77. The second kappa shape index (κ2) is 4.15. The molecule has 0 radical (unpaired) electrons. The molecule has 0 unspecified atom stereocenters. The Morgan fingerprint density at radius 1 is 1.41 bits per heavy atom. The van der Waals surface area contributed by atoms with Crippen LogP contribution in [0.2, 0.25) is 0 Å². The molecule has 1 N–H and O–H groups in total. The Balaban J connectivity index is 1.98. The van der Waals surface area contributed by atoms with Crippen molar-refractivity contribution >= 4 is 11.0 Å². The number of imidazole rings is 1. The minimum Gasteiger partial charge on any atom is -0.331 e. The van der Waals surface area contributed by atoms with E-state index in [1.165, 1.54) is 29.7 Å². The fourth-order valence-electron chi connectivity index (χ4n) is 2.35. The number of aromatic nitrogens is 2. The van der Waals surface area contributed by atoms with Gasteiger partial charge in [0.2, 0.25) is 0 Å². The third-order valence-electron chi connectivity index (χ3n) is 3.50. The van der Waals surface area contributed by atoms with Crippen molar-refractivity contribution < 1.29 is 0 Å². The highest BCUT2D eigenvalue weighted by atomic mass is 15.1. The summed E-state index contributed by atoms with van der Waals surface area (Å²) in [7, 11) is 2.13. The maximum absolute atomic E-state index is 4.78. The number of hydrogen-bond acceptors (Lipinski definition) is 2. The van der Waals surface area contributed by atoms with Crippen molar-refractivity contribution in [3.63, 3.8) is 0 Å². The van der Waals surface area contributed by atoms with Crippen LogP contribution >= 0.6 is 0 Å². The van der Waals surface area contributed by atoms with Gasteiger partial charge in [0, 0.05) is 19.5 Å². The summed E-state index contributed by atoms with van der Waals surface area (Å²) >= 11 is 0. The number of benzene rings is 1. The predicted octanol–water partition coefficient (Wildman–Crippen LogP) is 2.56. The molecular formula is C14H19N3. The van der Waals surface area contributed by atoms with Gasteiger partial charge >= 0.3 is 0 Å². The average Bonchev–Trinajstić information content (AvgIpc) is 3.13. The fourth-order valence-corrected chi connectivity index (χ4v) is 2.35. The second-order valence-corrected chi connectivity index (χ2v) is 4.91. The quantitative estimate of drug-likeness (QED) is 0.873. The number of hydrogen-bond donors (Lipinski definition) is 1. The van der Waals surface area contributed by atoms with Crippen LogP contribution in [-0.2, 0) is 13.6 Å². The van der Waals surface area contributed by atoms with Crippen LogP contribution in [0.25, 0.3) is 11.0 Å². The lowest BCUT2D eigenvalue weighted by atomic mass is 10.2. The monoisotopic (exact) mass is 229 g/mol. The lowest BCUT2D eigenvalue weighted by Gasteiger charge is -2.02. The predicted molar refractivity (Wildman–Crippen MR) is 70.1 cm³/mol. The Labute approximate surface area is 102 Å². The van der Waals surface area contributed by atoms with Gasteiger partial charge in [-0.05, 0) is 37.1 Å². The summed E-state index contributed by atoms with van der Waals surface area (Å²) in [6, 6.07) is 6.61. The minimum atomic E-state index is 0.713. The van der Waals surface area contributed by atoms with Crippen molar-refractivity contribution in [1.82, 2.24) is 14.9 Å². The topological polar surface area (TPSA) is 29.9 Å². The molecule has 1 aromatic heterocycles. The van der Waals surface area contributed by atoms with E-state index in [4.69, 9.17) is 4.98 Å². The van der Waals surface area contributed by atoms with Gasteiger partial charge in [-0.15, -0.1) is 0 Å². The lowest BCUT2D eigenvalue weighted by Crippen LogP contribution is -2.11. The Morgan fingerprint density at radius 2 is 2.24 bits per heavy atom. The van der Waals surface area contributed by atoms with Crippen molar-refractivity contribution in [2.24, 2.45) is 7.05 Å². The van der Waals surface area contributed by atoms with E-state index in [9.17, 15) is 0 Å². The van der Waals surface area contributed by atoms with Crippen LogP contribution in [-0.4, -0.2) is 16.1 Å². The first-order valence-corrected chi connectivity index (χ1v) is 6.45. The number of fused-ring (bicyclic) bond motifs is 1. The first-order valence-electron chi connectivity index (χ1n) is 6.45. The van der Waals surface area contributed by atoms with E-state index in [0.717, 1.165) is 18.6 Å². The summed E-state index contributed by atoms with van der Waals surface area (Å²) in [5.41, 5.74) is 3.72. The maximum Gasteiger partial charge on any atom is 0.112 e. The van der Waals surface area contributed by atoms with Crippen LogP contribution in [0, 0.1) is 0 Å². The summed E-state index contributed by atoms with van der Waals surface area (Å²) < 4.78 is 2.25. The van der Waals surface area contributed by atoms with Gasteiger partial charge in [0.15, 0.2) is 0 Å². The van der Waals surface area contributed by atoms with Crippen LogP contribution < -0.4 is 5.32 Å². The van der Waals surface area contributed by atoms with Crippen LogP contribution in [0.1, 0.15) is 37.1 Å². The average molecular weight is 229 g/mol. The zero-order valence-corrected chi connectivity index (χ0v) is 10.5. The third-order valence-corrected chi connectivity index (χ3v) is 3.50. The number of nitrogens with one attached hydrogen (secondary N) is 1. The Morgan fingerprint density at radius 3 is 2.94 bits per heavy atom. The molecule has 0 saturated heterocycles. The van der Waals surface area contributed by atoms with Gasteiger partial charge < -0.3 is 9.88 Å². The molecule has 1 heterocycles. The summed E-state index contributed by atoms with van der Waals surface area (Å²) in [6.45, 7) is 4.07. The molecule has 0 bridgehead atoms. The van der Waals surface area contributed by atoms with E-state index >= 15 is 0 Å². The first-order chi connectivity index (χ1) is 8.29. The largest absolute Gasteiger partial charge is 0.331 e. The highest BCUT2D eigenvalue weighted by Gasteiger charge is 2.28. The van der Waals surface area contributed by atoms with E-state index in [1.807, 2.05) is 0 Å². The maximum atomic E-state index is 4.78. The van der Waals surface area contributed by atoms with E-state index in [0.29, 0.717) is 5.92 Å². The molecule has 2 aromatic rings. The molecule has 1 saturated carbocycles. The van der Waals surface area contributed by atoms with Crippen molar-refractivity contribution in [3.05, 3.63) is 29.6 Å². The summed E-state index contributed by atoms with van der Waals surface area (Å²) in [5, 5.41) is 3.35. The molecule has 3 nitrogen and oxygen atoms in total. The van der Waals surface area contributed by atoms with E-state index in [-0.39, 0.29) is 0 Å². The van der Waals surface area contributed by atoms with Gasteiger partial charge in [0.1, 0.15) is 5.82 Å². The molecule has 0 atom stereocenters. The highest BCUT2D eigenvalue weighted by Crippen LogP contribution is 2.40.